The Morgan fingerprint density at radius 2 is 2.10 bits per heavy atom. The summed E-state index contributed by atoms with van der Waals surface area (Å²) in [4.78, 5) is 15.7. The van der Waals surface area contributed by atoms with Gasteiger partial charge in [0.2, 0.25) is 0 Å². The number of carboxylic acid groups (broad SMARTS) is 1. The number of oxazole rings is 1. The number of aliphatic carboxylic acids is 1. The van der Waals surface area contributed by atoms with E-state index < -0.39 is 5.97 Å². The lowest BCUT2D eigenvalue weighted by Gasteiger charge is -2.35. The van der Waals surface area contributed by atoms with Crippen molar-refractivity contribution < 1.29 is 14.3 Å². The molecule has 21 heavy (non-hydrogen) atoms. The standard InChI is InChI=1S/C16H18ClNO3/c17-11-4-5-12-13(8-11)21-14(18-12)9-16(10-15(19)20)6-2-1-3-7-16/h4-5,8H,1-3,6-7,9-10H2,(H,19,20). The fourth-order valence-electron chi connectivity index (χ4n) is 3.38. The maximum absolute atomic E-state index is 11.2. The van der Waals surface area contributed by atoms with Crippen LogP contribution in [0.1, 0.15) is 44.4 Å². The molecule has 1 N–H and O–H groups in total. The zero-order chi connectivity index (χ0) is 14.9. The molecule has 0 bridgehead atoms. The largest absolute Gasteiger partial charge is 0.481 e. The van der Waals surface area contributed by atoms with Gasteiger partial charge in [-0.15, -0.1) is 0 Å². The summed E-state index contributed by atoms with van der Waals surface area (Å²) >= 11 is 5.95. The van der Waals surface area contributed by atoms with Crippen molar-refractivity contribution in [1.82, 2.24) is 4.98 Å². The van der Waals surface area contributed by atoms with Crippen molar-refractivity contribution in [3.05, 3.63) is 29.1 Å². The molecule has 0 unspecified atom stereocenters. The molecule has 2 aromatic rings. The van der Waals surface area contributed by atoms with Crippen LogP contribution in [0.2, 0.25) is 5.02 Å². The highest BCUT2D eigenvalue weighted by atomic mass is 35.5. The second-order valence-corrected chi connectivity index (χ2v) is 6.46. The molecule has 1 saturated carbocycles. The number of halogens is 1. The summed E-state index contributed by atoms with van der Waals surface area (Å²) in [5.74, 6) is -0.119. The second-order valence-electron chi connectivity index (χ2n) is 6.03. The van der Waals surface area contributed by atoms with Crippen molar-refractivity contribution in [2.45, 2.75) is 44.9 Å². The van der Waals surface area contributed by atoms with Crippen LogP contribution in [0.3, 0.4) is 0 Å². The number of fused-ring (bicyclic) bond motifs is 1. The van der Waals surface area contributed by atoms with E-state index in [0.29, 0.717) is 22.9 Å². The Bertz CT molecular complexity index is 659. The van der Waals surface area contributed by atoms with E-state index in [1.54, 1.807) is 12.1 Å². The Hall–Kier alpha value is -1.55. The second kappa shape index (κ2) is 5.68. The molecular formula is C16H18ClNO3. The van der Waals surface area contributed by atoms with Crippen molar-refractivity contribution in [3.8, 4) is 0 Å². The van der Waals surface area contributed by atoms with Crippen molar-refractivity contribution >= 4 is 28.7 Å². The molecule has 0 radical (unpaired) electrons. The van der Waals surface area contributed by atoms with Crippen LogP contribution < -0.4 is 0 Å². The summed E-state index contributed by atoms with van der Waals surface area (Å²) in [7, 11) is 0. The fraction of sp³-hybridized carbons (Fsp3) is 0.500. The number of aromatic nitrogens is 1. The van der Waals surface area contributed by atoms with Crippen LogP contribution in [0.15, 0.2) is 22.6 Å². The third-order valence-corrected chi connectivity index (χ3v) is 4.60. The molecule has 0 spiro atoms. The first-order valence-corrected chi connectivity index (χ1v) is 7.71. The lowest BCUT2D eigenvalue weighted by atomic mass is 9.69. The quantitative estimate of drug-likeness (QED) is 0.906. The molecule has 0 amide bonds. The summed E-state index contributed by atoms with van der Waals surface area (Å²) < 4.78 is 5.77. The molecule has 112 valence electrons. The van der Waals surface area contributed by atoms with Crippen LogP contribution >= 0.6 is 11.6 Å². The summed E-state index contributed by atoms with van der Waals surface area (Å²) in [5, 5.41) is 9.83. The minimum absolute atomic E-state index is 0.187. The van der Waals surface area contributed by atoms with Crippen LogP contribution in [0.25, 0.3) is 11.1 Å². The number of carbonyl (C=O) groups is 1. The maximum atomic E-state index is 11.2. The lowest BCUT2D eigenvalue weighted by molar-refractivity contribution is -0.140. The molecule has 1 aromatic carbocycles. The van der Waals surface area contributed by atoms with Crippen LogP contribution in [-0.2, 0) is 11.2 Å². The Labute approximate surface area is 128 Å². The Kier molecular flexibility index (Phi) is 3.89. The number of hydrogen-bond donors (Lipinski definition) is 1. The number of nitrogens with zero attached hydrogens (tertiary/aromatic N) is 1. The number of hydrogen-bond acceptors (Lipinski definition) is 3. The number of benzene rings is 1. The van der Waals surface area contributed by atoms with Crippen molar-refractivity contribution in [1.29, 1.82) is 0 Å². The van der Waals surface area contributed by atoms with E-state index in [2.05, 4.69) is 4.98 Å². The smallest absolute Gasteiger partial charge is 0.303 e. The van der Waals surface area contributed by atoms with E-state index in [9.17, 15) is 9.90 Å². The molecule has 4 nitrogen and oxygen atoms in total. The van der Waals surface area contributed by atoms with E-state index >= 15 is 0 Å². The van der Waals surface area contributed by atoms with Gasteiger partial charge in [0.15, 0.2) is 11.5 Å². The molecule has 1 aliphatic rings. The average Bonchev–Trinajstić information content (AvgIpc) is 2.79. The van der Waals surface area contributed by atoms with Gasteiger partial charge in [0, 0.05) is 17.5 Å². The van der Waals surface area contributed by atoms with Gasteiger partial charge in [0.25, 0.3) is 0 Å². The van der Waals surface area contributed by atoms with Crippen molar-refractivity contribution in [3.63, 3.8) is 0 Å². The number of carboxylic acids is 1. The molecule has 0 atom stereocenters. The van der Waals surface area contributed by atoms with Gasteiger partial charge < -0.3 is 9.52 Å². The molecular weight excluding hydrogens is 290 g/mol. The highest BCUT2D eigenvalue weighted by molar-refractivity contribution is 6.31. The summed E-state index contributed by atoms with van der Waals surface area (Å²) in [6.07, 6.45) is 5.98. The Morgan fingerprint density at radius 1 is 1.33 bits per heavy atom. The minimum Gasteiger partial charge on any atom is -0.481 e. The van der Waals surface area contributed by atoms with E-state index in [4.69, 9.17) is 16.0 Å². The van der Waals surface area contributed by atoms with Gasteiger partial charge in [-0.1, -0.05) is 30.9 Å². The molecule has 1 fully saturated rings. The zero-order valence-corrected chi connectivity index (χ0v) is 12.5. The molecule has 1 aliphatic carbocycles. The van der Waals surface area contributed by atoms with E-state index in [1.807, 2.05) is 6.07 Å². The molecule has 1 aromatic heterocycles. The van der Waals surface area contributed by atoms with Crippen molar-refractivity contribution in [2.24, 2.45) is 5.41 Å². The Morgan fingerprint density at radius 3 is 2.81 bits per heavy atom. The summed E-state index contributed by atoms with van der Waals surface area (Å²) in [5.41, 5.74) is 1.23. The topological polar surface area (TPSA) is 63.3 Å². The van der Waals surface area contributed by atoms with Gasteiger partial charge in [-0.3, -0.25) is 4.79 Å². The monoisotopic (exact) mass is 307 g/mol. The third-order valence-electron chi connectivity index (χ3n) is 4.36. The maximum Gasteiger partial charge on any atom is 0.303 e. The highest BCUT2D eigenvalue weighted by Crippen LogP contribution is 2.42. The van der Waals surface area contributed by atoms with Crippen LogP contribution in [-0.4, -0.2) is 16.1 Å². The summed E-state index contributed by atoms with van der Waals surface area (Å²) in [6, 6.07) is 5.36. The molecule has 0 saturated heterocycles. The number of rotatable bonds is 4. The van der Waals surface area contributed by atoms with E-state index in [-0.39, 0.29) is 11.8 Å². The Balaban J connectivity index is 1.88. The predicted octanol–water partition coefficient (Wildman–Crippen LogP) is 4.45. The molecule has 3 rings (SSSR count). The van der Waals surface area contributed by atoms with Crippen LogP contribution in [0, 0.1) is 5.41 Å². The van der Waals surface area contributed by atoms with Crippen LogP contribution in [0.5, 0.6) is 0 Å². The van der Waals surface area contributed by atoms with Gasteiger partial charge in [-0.25, -0.2) is 4.98 Å². The fourth-order valence-corrected chi connectivity index (χ4v) is 3.54. The SMILES string of the molecule is O=C(O)CC1(Cc2nc3ccc(Cl)cc3o2)CCCCC1. The van der Waals surface area contributed by atoms with Gasteiger partial charge in [0.1, 0.15) is 5.52 Å². The van der Waals surface area contributed by atoms with Gasteiger partial charge in [0.05, 0.1) is 6.42 Å². The zero-order valence-electron chi connectivity index (χ0n) is 11.8. The first-order valence-electron chi connectivity index (χ1n) is 7.33. The van der Waals surface area contributed by atoms with Gasteiger partial charge >= 0.3 is 5.97 Å². The predicted molar refractivity (Wildman–Crippen MR) is 80.5 cm³/mol. The third kappa shape index (κ3) is 3.21. The lowest BCUT2D eigenvalue weighted by Crippen LogP contribution is -2.29. The van der Waals surface area contributed by atoms with E-state index in [1.165, 1.54) is 6.42 Å². The van der Waals surface area contributed by atoms with Crippen LogP contribution in [0.4, 0.5) is 0 Å². The highest BCUT2D eigenvalue weighted by Gasteiger charge is 2.36. The molecule has 1 heterocycles. The summed E-state index contributed by atoms with van der Waals surface area (Å²) in [6.45, 7) is 0. The van der Waals surface area contributed by atoms with E-state index in [0.717, 1.165) is 31.2 Å². The average molecular weight is 308 g/mol. The van der Waals surface area contributed by atoms with Gasteiger partial charge in [-0.2, -0.15) is 0 Å². The van der Waals surface area contributed by atoms with Gasteiger partial charge in [-0.05, 0) is 30.4 Å². The molecule has 5 heteroatoms. The van der Waals surface area contributed by atoms with Crippen molar-refractivity contribution in [2.75, 3.05) is 0 Å². The molecule has 0 aliphatic heterocycles. The minimum atomic E-state index is -0.740. The first-order chi connectivity index (χ1) is 10.1. The first kappa shape index (κ1) is 14.4. The normalized spacial score (nSPS) is 18.0.